The highest BCUT2D eigenvalue weighted by molar-refractivity contribution is 6.32. The largest absolute Gasteiger partial charge is 0.497 e. The highest BCUT2D eigenvalue weighted by atomic mass is 35.5. The van der Waals surface area contributed by atoms with Crippen LogP contribution in [0.1, 0.15) is 0 Å². The Morgan fingerprint density at radius 2 is 2.00 bits per heavy atom. The summed E-state index contributed by atoms with van der Waals surface area (Å²) in [5.41, 5.74) is 6.90. The van der Waals surface area contributed by atoms with Crippen molar-refractivity contribution in [3.05, 3.63) is 35.6 Å². The van der Waals surface area contributed by atoms with Crippen LogP contribution in [0.25, 0.3) is 5.69 Å². The average molecular weight is 224 g/mol. The third-order valence-corrected chi connectivity index (χ3v) is 2.43. The van der Waals surface area contributed by atoms with E-state index in [0.717, 1.165) is 11.4 Å². The van der Waals surface area contributed by atoms with Gasteiger partial charge in [0.05, 0.1) is 24.7 Å². The highest BCUT2D eigenvalue weighted by Crippen LogP contribution is 2.22. The maximum atomic E-state index is 5.96. The molecule has 4 nitrogen and oxygen atoms in total. The van der Waals surface area contributed by atoms with Crippen LogP contribution in [0, 0.1) is 0 Å². The molecule has 15 heavy (non-hydrogen) atoms. The predicted molar refractivity (Wildman–Crippen MR) is 59.5 cm³/mol. The van der Waals surface area contributed by atoms with Gasteiger partial charge < -0.3 is 10.5 Å². The number of hydrogen-bond donors (Lipinski definition) is 1. The summed E-state index contributed by atoms with van der Waals surface area (Å²) in [5.74, 6) is 0.787. The van der Waals surface area contributed by atoms with Crippen molar-refractivity contribution in [2.24, 2.45) is 0 Å². The first-order chi connectivity index (χ1) is 7.22. The standard InChI is InChI=1S/C10H10ClN3O/c1-15-8-4-2-7(3-5-8)14-10(11)9(12)6-13-14/h2-6H,12H2,1H3. The van der Waals surface area contributed by atoms with E-state index < -0.39 is 0 Å². The third-order valence-electron chi connectivity index (χ3n) is 2.05. The van der Waals surface area contributed by atoms with Crippen molar-refractivity contribution in [1.29, 1.82) is 0 Å². The fourth-order valence-corrected chi connectivity index (χ4v) is 1.44. The van der Waals surface area contributed by atoms with Gasteiger partial charge in [-0.2, -0.15) is 5.10 Å². The molecule has 0 radical (unpaired) electrons. The SMILES string of the molecule is COc1ccc(-n2ncc(N)c2Cl)cc1. The molecule has 0 unspecified atom stereocenters. The summed E-state index contributed by atoms with van der Waals surface area (Å²) in [7, 11) is 1.62. The fourth-order valence-electron chi connectivity index (χ4n) is 1.25. The Morgan fingerprint density at radius 3 is 2.47 bits per heavy atom. The van der Waals surface area contributed by atoms with Gasteiger partial charge in [0.25, 0.3) is 0 Å². The molecule has 0 aliphatic heterocycles. The Kier molecular flexibility index (Phi) is 2.51. The molecule has 0 saturated carbocycles. The van der Waals surface area contributed by atoms with Gasteiger partial charge in [0.15, 0.2) is 5.15 Å². The van der Waals surface area contributed by atoms with Crippen LogP contribution in [-0.4, -0.2) is 16.9 Å². The van der Waals surface area contributed by atoms with Gasteiger partial charge in [0.2, 0.25) is 0 Å². The van der Waals surface area contributed by atoms with Crippen molar-refractivity contribution in [1.82, 2.24) is 9.78 Å². The number of methoxy groups -OCH3 is 1. The summed E-state index contributed by atoms with van der Waals surface area (Å²) in [6.45, 7) is 0. The van der Waals surface area contributed by atoms with Gasteiger partial charge in [0.1, 0.15) is 5.75 Å². The van der Waals surface area contributed by atoms with E-state index in [9.17, 15) is 0 Å². The lowest BCUT2D eigenvalue weighted by Crippen LogP contribution is -1.96. The van der Waals surface area contributed by atoms with Crippen molar-refractivity contribution < 1.29 is 4.74 Å². The number of nitrogens with zero attached hydrogens (tertiary/aromatic N) is 2. The number of hydrogen-bond acceptors (Lipinski definition) is 3. The number of ether oxygens (including phenoxy) is 1. The second-order valence-corrected chi connectivity index (χ2v) is 3.36. The van der Waals surface area contributed by atoms with Gasteiger partial charge in [0, 0.05) is 0 Å². The lowest BCUT2D eigenvalue weighted by Gasteiger charge is -2.04. The zero-order valence-electron chi connectivity index (χ0n) is 8.14. The van der Waals surface area contributed by atoms with E-state index in [4.69, 9.17) is 22.1 Å². The summed E-state index contributed by atoms with van der Waals surface area (Å²) < 4.78 is 6.62. The zero-order chi connectivity index (χ0) is 10.8. The first-order valence-electron chi connectivity index (χ1n) is 4.36. The van der Waals surface area contributed by atoms with Crippen molar-refractivity contribution in [2.75, 3.05) is 12.8 Å². The van der Waals surface area contributed by atoms with Crippen LogP contribution in [0.15, 0.2) is 30.5 Å². The monoisotopic (exact) mass is 223 g/mol. The van der Waals surface area contributed by atoms with Crippen LogP contribution in [-0.2, 0) is 0 Å². The third kappa shape index (κ3) is 1.76. The molecule has 2 N–H and O–H groups in total. The average Bonchev–Trinajstić information content (AvgIpc) is 2.60. The van der Waals surface area contributed by atoms with Gasteiger partial charge in [-0.3, -0.25) is 0 Å². The summed E-state index contributed by atoms with van der Waals surface area (Å²) in [6, 6.07) is 7.39. The summed E-state index contributed by atoms with van der Waals surface area (Å²) in [4.78, 5) is 0. The maximum absolute atomic E-state index is 5.96. The number of anilines is 1. The van der Waals surface area contributed by atoms with Crippen LogP contribution >= 0.6 is 11.6 Å². The van der Waals surface area contributed by atoms with E-state index in [0.29, 0.717) is 10.8 Å². The molecule has 0 saturated heterocycles. The van der Waals surface area contributed by atoms with Crippen LogP contribution in [0.2, 0.25) is 5.15 Å². The van der Waals surface area contributed by atoms with Gasteiger partial charge >= 0.3 is 0 Å². The van der Waals surface area contributed by atoms with Gasteiger partial charge in [-0.1, -0.05) is 11.6 Å². The van der Waals surface area contributed by atoms with Crippen molar-refractivity contribution in [3.8, 4) is 11.4 Å². The molecule has 1 heterocycles. The van der Waals surface area contributed by atoms with E-state index >= 15 is 0 Å². The Labute approximate surface area is 92.2 Å². The Morgan fingerprint density at radius 1 is 1.33 bits per heavy atom. The molecule has 2 aromatic rings. The minimum atomic E-state index is 0.417. The highest BCUT2D eigenvalue weighted by Gasteiger charge is 2.06. The van der Waals surface area contributed by atoms with E-state index in [1.807, 2.05) is 24.3 Å². The van der Waals surface area contributed by atoms with Gasteiger partial charge in [-0.25, -0.2) is 4.68 Å². The summed E-state index contributed by atoms with van der Waals surface area (Å²) in [6.07, 6.45) is 1.52. The van der Waals surface area contributed by atoms with Gasteiger partial charge in [-0.15, -0.1) is 0 Å². The molecular weight excluding hydrogens is 214 g/mol. The number of aromatic nitrogens is 2. The minimum Gasteiger partial charge on any atom is -0.497 e. The van der Waals surface area contributed by atoms with E-state index in [2.05, 4.69) is 5.10 Å². The lowest BCUT2D eigenvalue weighted by atomic mass is 10.3. The van der Waals surface area contributed by atoms with Crippen LogP contribution < -0.4 is 10.5 Å². The first kappa shape index (κ1) is 9.86. The topological polar surface area (TPSA) is 53.1 Å². The fraction of sp³-hybridized carbons (Fsp3) is 0.100. The van der Waals surface area contributed by atoms with E-state index in [1.54, 1.807) is 11.8 Å². The quantitative estimate of drug-likeness (QED) is 0.849. The smallest absolute Gasteiger partial charge is 0.155 e. The lowest BCUT2D eigenvalue weighted by molar-refractivity contribution is 0.414. The molecule has 0 aliphatic carbocycles. The molecular formula is C10H10ClN3O. The summed E-state index contributed by atoms with van der Waals surface area (Å²) in [5, 5.41) is 4.48. The Bertz CT molecular complexity index is 464. The van der Waals surface area contributed by atoms with Crippen molar-refractivity contribution in [3.63, 3.8) is 0 Å². The Balaban J connectivity index is 2.41. The molecule has 1 aromatic heterocycles. The minimum absolute atomic E-state index is 0.417. The molecule has 0 spiro atoms. The van der Waals surface area contributed by atoms with Gasteiger partial charge in [-0.05, 0) is 24.3 Å². The molecule has 0 aliphatic rings. The number of benzene rings is 1. The van der Waals surface area contributed by atoms with E-state index in [-0.39, 0.29) is 0 Å². The van der Waals surface area contributed by atoms with Crippen LogP contribution in [0.4, 0.5) is 5.69 Å². The Hall–Kier alpha value is -1.68. The molecule has 1 aromatic carbocycles. The van der Waals surface area contributed by atoms with Crippen LogP contribution in [0.3, 0.4) is 0 Å². The molecule has 2 rings (SSSR count). The maximum Gasteiger partial charge on any atom is 0.155 e. The van der Waals surface area contributed by atoms with Crippen LogP contribution in [0.5, 0.6) is 5.75 Å². The number of rotatable bonds is 2. The number of nitrogens with two attached hydrogens (primary N) is 1. The molecule has 5 heteroatoms. The van der Waals surface area contributed by atoms with Crippen molar-refractivity contribution in [2.45, 2.75) is 0 Å². The molecule has 0 atom stereocenters. The van der Waals surface area contributed by atoms with Crippen molar-refractivity contribution >= 4 is 17.3 Å². The number of nitrogen functional groups attached to an aromatic ring is 1. The first-order valence-corrected chi connectivity index (χ1v) is 4.73. The summed E-state index contributed by atoms with van der Waals surface area (Å²) >= 11 is 5.96. The second kappa shape index (κ2) is 3.82. The molecule has 0 fully saturated rings. The normalized spacial score (nSPS) is 10.3. The molecule has 78 valence electrons. The predicted octanol–water partition coefficient (Wildman–Crippen LogP) is 2.12. The zero-order valence-corrected chi connectivity index (χ0v) is 8.90. The molecule has 0 bridgehead atoms. The van der Waals surface area contributed by atoms with E-state index in [1.165, 1.54) is 6.20 Å². The molecule has 0 amide bonds. The second-order valence-electron chi connectivity index (χ2n) is 3.00. The number of halogens is 1.